The zero-order valence-corrected chi connectivity index (χ0v) is 17.7. The van der Waals surface area contributed by atoms with E-state index in [1.54, 1.807) is 30.3 Å². The van der Waals surface area contributed by atoms with Crippen molar-refractivity contribution >= 4 is 52.5 Å². The van der Waals surface area contributed by atoms with Crippen LogP contribution in [0.25, 0.3) is 6.08 Å². The van der Waals surface area contributed by atoms with Gasteiger partial charge in [-0.1, -0.05) is 42.3 Å². The molecule has 0 radical (unpaired) electrons. The maximum atomic E-state index is 12.4. The van der Waals surface area contributed by atoms with Gasteiger partial charge in [-0.3, -0.25) is 9.59 Å². The van der Waals surface area contributed by atoms with E-state index >= 15 is 0 Å². The highest BCUT2D eigenvalue weighted by molar-refractivity contribution is 6.31. The second kappa shape index (κ2) is 9.81. The molecule has 5 nitrogen and oxygen atoms in total. The minimum absolute atomic E-state index is 0.168. The number of carbonyl (C=O) groups excluding carboxylic acids is 2. The Kier molecular flexibility index (Phi) is 7.18. The number of amides is 2. The summed E-state index contributed by atoms with van der Waals surface area (Å²) in [6.07, 6.45) is 3.72. The third-order valence-electron chi connectivity index (χ3n) is 4.79. The fourth-order valence-corrected chi connectivity index (χ4v) is 3.52. The van der Waals surface area contributed by atoms with Crippen LogP contribution in [-0.2, 0) is 9.59 Å². The van der Waals surface area contributed by atoms with E-state index in [1.165, 1.54) is 6.08 Å². The molecule has 2 aromatic carbocycles. The second-order valence-corrected chi connectivity index (χ2v) is 7.63. The first-order chi connectivity index (χ1) is 14.0. The number of benzene rings is 2. The molecule has 1 N–H and O–H groups in total. The number of anilines is 2. The summed E-state index contributed by atoms with van der Waals surface area (Å²) in [6.45, 7) is 4.62. The lowest BCUT2D eigenvalue weighted by Crippen LogP contribution is -2.48. The summed E-state index contributed by atoms with van der Waals surface area (Å²) < 4.78 is 0. The molecule has 1 aliphatic rings. The number of carbonyl (C=O) groups is 2. The predicted octanol–water partition coefficient (Wildman–Crippen LogP) is 4.70. The van der Waals surface area contributed by atoms with Crippen LogP contribution >= 0.6 is 23.2 Å². The van der Waals surface area contributed by atoms with Gasteiger partial charge in [0, 0.05) is 48.7 Å². The molecule has 29 heavy (non-hydrogen) atoms. The van der Waals surface area contributed by atoms with Crippen LogP contribution in [0, 0.1) is 0 Å². The summed E-state index contributed by atoms with van der Waals surface area (Å²) in [5.74, 6) is -0.0788. The zero-order chi connectivity index (χ0) is 20.8. The van der Waals surface area contributed by atoms with Gasteiger partial charge in [0.15, 0.2) is 0 Å². The number of rotatable bonds is 5. The Morgan fingerprint density at radius 1 is 1.00 bits per heavy atom. The Hall–Kier alpha value is -2.50. The fraction of sp³-hybridized carbons (Fsp3) is 0.273. The second-order valence-electron chi connectivity index (χ2n) is 6.76. The number of halogens is 2. The van der Waals surface area contributed by atoms with Gasteiger partial charge in [0.2, 0.25) is 11.8 Å². The van der Waals surface area contributed by atoms with Crippen LogP contribution < -0.4 is 10.2 Å². The molecule has 0 aromatic heterocycles. The molecule has 1 saturated heterocycles. The first kappa shape index (κ1) is 21.2. The predicted molar refractivity (Wildman–Crippen MR) is 120 cm³/mol. The van der Waals surface area contributed by atoms with Crippen molar-refractivity contribution in [3.05, 3.63) is 64.1 Å². The summed E-state index contributed by atoms with van der Waals surface area (Å²) in [4.78, 5) is 28.4. The SMILES string of the molecule is CCC(=O)N1CCN(c2ccc(Cl)cc2NC(=O)/C=C/c2ccc(Cl)cc2)CC1. The average molecular weight is 432 g/mol. The smallest absolute Gasteiger partial charge is 0.248 e. The number of hydrogen-bond acceptors (Lipinski definition) is 3. The number of piperazine rings is 1. The molecular weight excluding hydrogens is 409 g/mol. The quantitative estimate of drug-likeness (QED) is 0.697. The van der Waals surface area contributed by atoms with Crippen molar-refractivity contribution in [3.63, 3.8) is 0 Å². The molecule has 0 saturated carbocycles. The Balaban J connectivity index is 1.69. The molecule has 7 heteroatoms. The van der Waals surface area contributed by atoms with E-state index < -0.39 is 0 Å². The highest BCUT2D eigenvalue weighted by Crippen LogP contribution is 2.30. The van der Waals surface area contributed by atoms with E-state index in [2.05, 4.69) is 10.2 Å². The van der Waals surface area contributed by atoms with Gasteiger partial charge in [0.25, 0.3) is 0 Å². The normalized spacial score (nSPS) is 14.3. The minimum Gasteiger partial charge on any atom is -0.366 e. The molecule has 0 bridgehead atoms. The van der Waals surface area contributed by atoms with Gasteiger partial charge in [-0.15, -0.1) is 0 Å². The third kappa shape index (κ3) is 5.75. The average Bonchev–Trinajstić information content (AvgIpc) is 2.73. The van der Waals surface area contributed by atoms with Gasteiger partial charge in [0.05, 0.1) is 11.4 Å². The lowest BCUT2D eigenvalue weighted by atomic mass is 10.2. The summed E-state index contributed by atoms with van der Waals surface area (Å²) in [7, 11) is 0. The first-order valence-corrected chi connectivity index (χ1v) is 10.3. The van der Waals surface area contributed by atoms with Crippen LogP contribution in [0.15, 0.2) is 48.5 Å². The number of hydrogen-bond donors (Lipinski definition) is 1. The molecule has 0 aliphatic carbocycles. The van der Waals surface area contributed by atoms with Crippen LogP contribution in [0.5, 0.6) is 0 Å². The minimum atomic E-state index is -0.247. The molecule has 0 atom stereocenters. The van der Waals surface area contributed by atoms with Gasteiger partial charge in [-0.05, 0) is 42.0 Å². The van der Waals surface area contributed by atoms with E-state index in [1.807, 2.05) is 30.0 Å². The molecule has 3 rings (SSSR count). The fourth-order valence-electron chi connectivity index (χ4n) is 3.22. The topological polar surface area (TPSA) is 52.7 Å². The van der Waals surface area contributed by atoms with Gasteiger partial charge in [0.1, 0.15) is 0 Å². The van der Waals surface area contributed by atoms with Crippen molar-refractivity contribution in [2.24, 2.45) is 0 Å². The number of nitrogens with one attached hydrogen (secondary N) is 1. The summed E-state index contributed by atoms with van der Waals surface area (Å²) in [6, 6.07) is 12.7. The molecule has 1 fully saturated rings. The summed E-state index contributed by atoms with van der Waals surface area (Å²) in [5.41, 5.74) is 2.43. The monoisotopic (exact) mass is 431 g/mol. The third-order valence-corrected chi connectivity index (χ3v) is 5.28. The van der Waals surface area contributed by atoms with Crippen LogP contribution in [0.2, 0.25) is 10.0 Å². The Bertz CT molecular complexity index is 905. The molecule has 152 valence electrons. The Labute approximate surface area is 180 Å². The van der Waals surface area contributed by atoms with E-state index in [0.29, 0.717) is 48.3 Å². The van der Waals surface area contributed by atoms with Crippen LogP contribution in [-0.4, -0.2) is 42.9 Å². The number of nitrogens with zero attached hydrogens (tertiary/aromatic N) is 2. The van der Waals surface area contributed by atoms with Crippen molar-refractivity contribution in [1.82, 2.24) is 4.90 Å². The molecule has 2 amide bonds. The highest BCUT2D eigenvalue weighted by atomic mass is 35.5. The van der Waals surface area contributed by atoms with Crippen LogP contribution in [0.4, 0.5) is 11.4 Å². The Morgan fingerprint density at radius 3 is 2.31 bits per heavy atom. The van der Waals surface area contributed by atoms with E-state index in [0.717, 1.165) is 11.3 Å². The molecule has 0 spiro atoms. The van der Waals surface area contributed by atoms with Gasteiger partial charge < -0.3 is 15.1 Å². The van der Waals surface area contributed by atoms with Crippen molar-refractivity contribution in [3.8, 4) is 0 Å². The summed E-state index contributed by atoms with van der Waals surface area (Å²) in [5, 5.41) is 4.11. The molecule has 2 aromatic rings. The molecule has 0 unspecified atom stereocenters. The zero-order valence-electron chi connectivity index (χ0n) is 16.2. The van der Waals surface area contributed by atoms with Crippen molar-refractivity contribution in [2.45, 2.75) is 13.3 Å². The molecule has 1 heterocycles. The van der Waals surface area contributed by atoms with Gasteiger partial charge in [-0.25, -0.2) is 0 Å². The van der Waals surface area contributed by atoms with Crippen LogP contribution in [0.3, 0.4) is 0 Å². The van der Waals surface area contributed by atoms with Crippen LogP contribution in [0.1, 0.15) is 18.9 Å². The highest BCUT2D eigenvalue weighted by Gasteiger charge is 2.22. The summed E-state index contributed by atoms with van der Waals surface area (Å²) >= 11 is 12.0. The lowest BCUT2D eigenvalue weighted by Gasteiger charge is -2.37. The maximum Gasteiger partial charge on any atom is 0.248 e. The van der Waals surface area contributed by atoms with Crippen molar-refractivity contribution in [1.29, 1.82) is 0 Å². The van der Waals surface area contributed by atoms with E-state index in [4.69, 9.17) is 23.2 Å². The molecular formula is C22H23Cl2N3O2. The standard InChI is InChI=1S/C22H23Cl2N3O2/c1-2-22(29)27-13-11-26(12-14-27)20-9-8-18(24)15-19(20)25-21(28)10-5-16-3-6-17(23)7-4-16/h3-10,15H,2,11-14H2,1H3,(H,25,28)/b10-5+. The van der Waals surface area contributed by atoms with Crippen molar-refractivity contribution in [2.75, 3.05) is 36.4 Å². The molecule has 1 aliphatic heterocycles. The van der Waals surface area contributed by atoms with Gasteiger partial charge in [-0.2, -0.15) is 0 Å². The van der Waals surface area contributed by atoms with E-state index in [-0.39, 0.29) is 11.8 Å². The van der Waals surface area contributed by atoms with Crippen molar-refractivity contribution < 1.29 is 9.59 Å². The Morgan fingerprint density at radius 2 is 1.66 bits per heavy atom. The lowest BCUT2D eigenvalue weighted by molar-refractivity contribution is -0.131. The largest absolute Gasteiger partial charge is 0.366 e. The first-order valence-electron chi connectivity index (χ1n) is 9.53. The van der Waals surface area contributed by atoms with E-state index in [9.17, 15) is 9.59 Å². The maximum absolute atomic E-state index is 12.4. The van der Waals surface area contributed by atoms with Gasteiger partial charge >= 0.3 is 0 Å².